The van der Waals surface area contributed by atoms with Gasteiger partial charge in [0, 0.05) is 27.4 Å². The number of hydrogen-bond acceptors (Lipinski definition) is 8. The lowest BCUT2D eigenvalue weighted by Crippen LogP contribution is -2.41. The van der Waals surface area contributed by atoms with Crippen LogP contribution in [0.4, 0.5) is 26.0 Å². The van der Waals surface area contributed by atoms with Crippen molar-refractivity contribution >= 4 is 59.4 Å². The van der Waals surface area contributed by atoms with E-state index in [4.69, 9.17) is 27.9 Å². The van der Waals surface area contributed by atoms with Crippen LogP contribution in [-0.2, 0) is 22.6 Å². The van der Waals surface area contributed by atoms with E-state index in [2.05, 4.69) is 15.1 Å². The Kier molecular flexibility index (Phi) is 8.53. The number of anilines is 2. The number of nitrogens with zero attached hydrogens (tertiary/aromatic N) is 6. The van der Waals surface area contributed by atoms with E-state index in [1.54, 1.807) is 26.8 Å². The Balaban J connectivity index is 2.28. The number of halogens is 2. The van der Waals surface area contributed by atoms with Crippen molar-refractivity contribution in [1.82, 2.24) is 19.7 Å². The molecular weight excluding hydrogens is 543 g/mol. The summed E-state index contributed by atoms with van der Waals surface area (Å²) in [7, 11) is 0. The van der Waals surface area contributed by atoms with Gasteiger partial charge < -0.3 is 19.7 Å². The lowest BCUT2D eigenvalue weighted by atomic mass is 10.2. The fourth-order valence-electron chi connectivity index (χ4n) is 3.17. The summed E-state index contributed by atoms with van der Waals surface area (Å²) in [6.45, 7) is 4.40. The first kappa shape index (κ1) is 28.3. The van der Waals surface area contributed by atoms with E-state index in [9.17, 15) is 29.4 Å². The average Bonchev–Trinajstić information content (AvgIpc) is 3.26. The number of hydrogen-bond donors (Lipinski definition) is 2. The summed E-state index contributed by atoms with van der Waals surface area (Å²) in [5, 5.41) is 23.6. The molecule has 13 nitrogen and oxygen atoms in total. The van der Waals surface area contributed by atoms with Crippen LogP contribution in [-0.4, -0.2) is 60.1 Å². The van der Waals surface area contributed by atoms with Crippen LogP contribution in [0.25, 0.3) is 11.3 Å². The fraction of sp³-hybridized carbons (Fsp3) is 0.261. The summed E-state index contributed by atoms with van der Waals surface area (Å²) in [5.41, 5.74) is -0.296. The molecule has 2 aromatic heterocycles. The molecular formula is C23H22Cl2N6O7. The lowest BCUT2D eigenvalue weighted by molar-refractivity contribution is -0.108. The Morgan fingerprint density at radius 3 is 2.26 bits per heavy atom. The first-order chi connectivity index (χ1) is 17.8. The van der Waals surface area contributed by atoms with Crippen LogP contribution in [0.1, 0.15) is 26.3 Å². The molecule has 200 valence electrons. The summed E-state index contributed by atoms with van der Waals surface area (Å²) < 4.78 is 6.82. The summed E-state index contributed by atoms with van der Waals surface area (Å²) in [4.78, 5) is 57.2. The van der Waals surface area contributed by atoms with Gasteiger partial charge in [0.15, 0.2) is 11.6 Å². The highest BCUT2D eigenvalue weighted by atomic mass is 35.5. The molecule has 1 aromatic carbocycles. The number of aldehydes is 1. The van der Waals surface area contributed by atoms with Crippen LogP contribution in [0.3, 0.4) is 0 Å². The quantitative estimate of drug-likeness (QED) is 0.374. The third-order valence-electron chi connectivity index (χ3n) is 4.77. The second-order valence-corrected chi connectivity index (χ2v) is 9.50. The monoisotopic (exact) mass is 564 g/mol. The van der Waals surface area contributed by atoms with Gasteiger partial charge in [0.2, 0.25) is 0 Å². The van der Waals surface area contributed by atoms with Crippen molar-refractivity contribution in [2.45, 2.75) is 39.5 Å². The van der Waals surface area contributed by atoms with Crippen LogP contribution in [0.2, 0.25) is 10.0 Å². The Labute approximate surface area is 226 Å². The average molecular weight is 565 g/mol. The number of carbonyl (C=O) groups is 4. The van der Waals surface area contributed by atoms with E-state index in [-0.39, 0.29) is 39.3 Å². The molecule has 0 atom stereocenters. The maximum Gasteiger partial charge on any atom is 0.422 e. The molecule has 0 radical (unpaired) electrons. The minimum atomic E-state index is -1.89. The smallest absolute Gasteiger partial charge is 0.422 e. The summed E-state index contributed by atoms with van der Waals surface area (Å²) >= 11 is 12.6. The number of aromatic nitrogens is 4. The minimum absolute atomic E-state index is 0.0424. The highest BCUT2D eigenvalue weighted by Crippen LogP contribution is 2.34. The predicted octanol–water partition coefficient (Wildman–Crippen LogP) is 4.95. The molecule has 0 spiro atoms. The number of benzene rings is 1. The Bertz CT molecular complexity index is 1350. The molecule has 3 rings (SSSR count). The first-order valence-corrected chi connectivity index (χ1v) is 11.6. The minimum Gasteiger partial charge on any atom is -0.464 e. The zero-order chi connectivity index (χ0) is 28.2. The molecule has 0 aliphatic heterocycles. The molecule has 15 heteroatoms. The van der Waals surface area contributed by atoms with E-state index in [0.29, 0.717) is 11.8 Å². The fourth-order valence-corrected chi connectivity index (χ4v) is 3.69. The molecule has 0 unspecified atom stereocenters. The van der Waals surface area contributed by atoms with E-state index >= 15 is 0 Å². The Hall–Kier alpha value is -4.23. The largest absolute Gasteiger partial charge is 0.464 e. The summed E-state index contributed by atoms with van der Waals surface area (Å²) in [6.07, 6.45) is -0.211. The van der Waals surface area contributed by atoms with Crippen molar-refractivity contribution in [3.05, 3.63) is 52.4 Å². The zero-order valence-electron chi connectivity index (χ0n) is 20.3. The van der Waals surface area contributed by atoms with Gasteiger partial charge in [-0.25, -0.2) is 24.4 Å². The first-order valence-electron chi connectivity index (χ1n) is 10.8. The standard InChI is InChI=1S/C23H22Cl2N6O7/c1-23(2,3)38-22(37)30(12-14-15(24)5-4-6-16(14)25)19-18(31(20(33)34)21(35)36)26-10-17(28-19)13-9-27-29(11-13)7-8-32/h4-6,8-11H,7,12H2,1-3H3,(H,33,34)(H,35,36). The van der Waals surface area contributed by atoms with Crippen LogP contribution in [0.5, 0.6) is 0 Å². The normalized spacial score (nSPS) is 11.1. The van der Waals surface area contributed by atoms with E-state index in [1.807, 2.05) is 0 Å². The Morgan fingerprint density at radius 1 is 1.08 bits per heavy atom. The highest BCUT2D eigenvalue weighted by Gasteiger charge is 2.34. The maximum atomic E-state index is 13.4. The van der Waals surface area contributed by atoms with Gasteiger partial charge in [-0.2, -0.15) is 10.00 Å². The number of rotatable bonds is 7. The van der Waals surface area contributed by atoms with Crippen molar-refractivity contribution < 1.29 is 34.1 Å². The summed E-state index contributed by atoms with van der Waals surface area (Å²) in [5.74, 6) is -1.16. The van der Waals surface area contributed by atoms with Gasteiger partial charge in [-0.3, -0.25) is 9.58 Å². The second-order valence-electron chi connectivity index (χ2n) is 8.69. The van der Waals surface area contributed by atoms with Gasteiger partial charge in [0.25, 0.3) is 0 Å². The molecule has 2 heterocycles. The van der Waals surface area contributed by atoms with Gasteiger partial charge in [-0.1, -0.05) is 29.3 Å². The summed E-state index contributed by atoms with van der Waals surface area (Å²) in [6, 6.07) is 4.65. The SMILES string of the molecule is CC(C)(C)OC(=O)N(Cc1c(Cl)cccc1Cl)c1nc(-c2cnn(CC=O)c2)cnc1N(C(=O)O)C(=O)O. The third-order valence-corrected chi connectivity index (χ3v) is 5.48. The van der Waals surface area contributed by atoms with Gasteiger partial charge in [-0.05, 0) is 32.9 Å². The van der Waals surface area contributed by atoms with Crippen molar-refractivity contribution in [1.29, 1.82) is 0 Å². The maximum absolute atomic E-state index is 13.4. The van der Waals surface area contributed by atoms with E-state index < -0.39 is 35.5 Å². The number of amides is 3. The zero-order valence-corrected chi connectivity index (χ0v) is 21.8. The van der Waals surface area contributed by atoms with Crippen LogP contribution < -0.4 is 9.80 Å². The number of imide groups is 1. The third kappa shape index (κ3) is 6.55. The van der Waals surface area contributed by atoms with Crippen LogP contribution in [0.15, 0.2) is 36.8 Å². The predicted molar refractivity (Wildman–Crippen MR) is 137 cm³/mol. The Morgan fingerprint density at radius 2 is 1.71 bits per heavy atom. The van der Waals surface area contributed by atoms with Gasteiger partial charge in [0.1, 0.15) is 11.9 Å². The van der Waals surface area contributed by atoms with Crippen molar-refractivity contribution in [3.63, 3.8) is 0 Å². The van der Waals surface area contributed by atoms with Crippen LogP contribution in [0, 0.1) is 0 Å². The molecule has 0 aliphatic carbocycles. The molecule has 0 fully saturated rings. The van der Waals surface area contributed by atoms with E-state index in [0.717, 1.165) is 11.1 Å². The van der Waals surface area contributed by atoms with Gasteiger partial charge in [0.05, 0.1) is 31.2 Å². The van der Waals surface area contributed by atoms with Crippen LogP contribution >= 0.6 is 23.2 Å². The number of carbonyl (C=O) groups excluding carboxylic acids is 2. The lowest BCUT2D eigenvalue weighted by Gasteiger charge is -2.29. The topological polar surface area (TPSA) is 168 Å². The second kappa shape index (κ2) is 11.4. The van der Waals surface area contributed by atoms with Crippen molar-refractivity contribution in [2.75, 3.05) is 9.80 Å². The van der Waals surface area contributed by atoms with Gasteiger partial charge >= 0.3 is 18.3 Å². The van der Waals surface area contributed by atoms with E-state index in [1.165, 1.54) is 29.2 Å². The molecule has 0 saturated carbocycles. The molecule has 0 saturated heterocycles. The number of carboxylic acid groups (broad SMARTS) is 2. The van der Waals surface area contributed by atoms with Crippen molar-refractivity contribution in [2.24, 2.45) is 0 Å². The molecule has 0 aliphatic rings. The molecule has 0 bridgehead atoms. The molecule has 3 amide bonds. The molecule has 38 heavy (non-hydrogen) atoms. The van der Waals surface area contributed by atoms with Gasteiger partial charge in [-0.15, -0.1) is 0 Å². The molecule has 3 aromatic rings. The molecule has 2 N–H and O–H groups in total. The highest BCUT2D eigenvalue weighted by molar-refractivity contribution is 6.36. The van der Waals surface area contributed by atoms with Crippen molar-refractivity contribution in [3.8, 4) is 11.3 Å². The number of ether oxygens (including phenoxy) is 1.